The molecule has 2 aromatic carbocycles. The van der Waals surface area contributed by atoms with Gasteiger partial charge < -0.3 is 4.74 Å². The van der Waals surface area contributed by atoms with Gasteiger partial charge >= 0.3 is 0 Å². The molecule has 0 spiro atoms. The molecule has 0 amide bonds. The number of halogens is 2. The molecule has 0 saturated carbocycles. The van der Waals surface area contributed by atoms with Crippen LogP contribution in [0.25, 0.3) is 0 Å². The van der Waals surface area contributed by atoms with E-state index in [9.17, 15) is 8.42 Å². The van der Waals surface area contributed by atoms with Gasteiger partial charge in [-0.3, -0.25) is 0 Å². The molecule has 2 N–H and O–H groups in total. The van der Waals surface area contributed by atoms with Crippen molar-refractivity contribution >= 4 is 33.2 Å². The van der Waals surface area contributed by atoms with Crippen LogP contribution < -0.4 is 9.88 Å². The smallest absolute Gasteiger partial charge is 0.238 e. The summed E-state index contributed by atoms with van der Waals surface area (Å²) in [5.74, 6) is 0.867. The highest BCUT2D eigenvalue weighted by Crippen LogP contribution is 2.31. The third kappa shape index (κ3) is 3.61. The summed E-state index contributed by atoms with van der Waals surface area (Å²) in [6.45, 7) is 0. The molecule has 0 heterocycles. The van der Waals surface area contributed by atoms with Gasteiger partial charge in [-0.1, -0.05) is 23.2 Å². The van der Waals surface area contributed by atoms with Crippen LogP contribution >= 0.6 is 23.2 Å². The summed E-state index contributed by atoms with van der Waals surface area (Å²) in [5.41, 5.74) is 0. The van der Waals surface area contributed by atoms with Gasteiger partial charge in [0, 0.05) is 5.02 Å². The lowest BCUT2D eigenvalue weighted by Crippen LogP contribution is -2.11. The third-order valence-corrected chi connectivity index (χ3v) is 3.73. The summed E-state index contributed by atoms with van der Waals surface area (Å²) in [4.78, 5) is 0.0158. The quantitative estimate of drug-likeness (QED) is 0.942. The minimum Gasteiger partial charge on any atom is -0.456 e. The maximum atomic E-state index is 11.1. The lowest BCUT2D eigenvalue weighted by molar-refractivity contribution is 0.482. The summed E-state index contributed by atoms with van der Waals surface area (Å²) < 4.78 is 27.7. The Morgan fingerprint density at radius 2 is 1.63 bits per heavy atom. The molecule has 0 aromatic heterocycles. The summed E-state index contributed by atoms with van der Waals surface area (Å²) in [6, 6.07) is 10.5. The Morgan fingerprint density at radius 3 is 2.16 bits per heavy atom. The highest BCUT2D eigenvalue weighted by Gasteiger charge is 2.08. The standard InChI is InChI=1S/C12H9Cl2NO3S/c13-8-1-6-12(11(14)7-8)18-9-2-4-10(5-3-9)19(15,16)17/h1-7H,(H2,15,16,17). The van der Waals surface area contributed by atoms with E-state index in [0.717, 1.165) is 0 Å². The van der Waals surface area contributed by atoms with Crippen LogP contribution in [0.4, 0.5) is 0 Å². The van der Waals surface area contributed by atoms with Crippen molar-refractivity contribution in [3.05, 3.63) is 52.5 Å². The molecule has 7 heteroatoms. The van der Waals surface area contributed by atoms with Crippen LogP contribution in [0, 0.1) is 0 Å². The SMILES string of the molecule is NS(=O)(=O)c1ccc(Oc2ccc(Cl)cc2Cl)cc1. The maximum Gasteiger partial charge on any atom is 0.238 e. The number of nitrogens with two attached hydrogens (primary N) is 1. The van der Waals surface area contributed by atoms with Crippen molar-refractivity contribution in [3.8, 4) is 11.5 Å². The molecule has 0 unspecified atom stereocenters. The molecule has 4 nitrogen and oxygen atoms in total. The van der Waals surface area contributed by atoms with E-state index in [1.807, 2.05) is 0 Å². The first-order chi connectivity index (χ1) is 8.86. The highest BCUT2D eigenvalue weighted by molar-refractivity contribution is 7.89. The number of hydrogen-bond acceptors (Lipinski definition) is 3. The van der Waals surface area contributed by atoms with Gasteiger partial charge in [0.25, 0.3) is 0 Å². The minimum atomic E-state index is -3.71. The molecule has 0 aliphatic carbocycles. The second-order valence-electron chi connectivity index (χ2n) is 3.69. The van der Waals surface area contributed by atoms with Gasteiger partial charge in [-0.2, -0.15) is 0 Å². The third-order valence-electron chi connectivity index (χ3n) is 2.27. The van der Waals surface area contributed by atoms with Gasteiger partial charge in [-0.15, -0.1) is 0 Å². The maximum absolute atomic E-state index is 11.1. The van der Waals surface area contributed by atoms with Crippen molar-refractivity contribution < 1.29 is 13.2 Å². The average molecular weight is 318 g/mol. The summed E-state index contributed by atoms with van der Waals surface area (Å²) in [7, 11) is -3.71. The van der Waals surface area contributed by atoms with Crippen LogP contribution in [-0.2, 0) is 10.0 Å². The van der Waals surface area contributed by atoms with Gasteiger partial charge in [0.2, 0.25) is 10.0 Å². The zero-order chi connectivity index (χ0) is 14.0. The molecule has 19 heavy (non-hydrogen) atoms. The molecule has 0 radical (unpaired) electrons. The Labute approximate surface area is 120 Å². The Bertz CT molecular complexity index is 699. The van der Waals surface area contributed by atoms with Crippen LogP contribution in [0.5, 0.6) is 11.5 Å². The van der Waals surface area contributed by atoms with Gasteiger partial charge in [-0.25, -0.2) is 13.6 Å². The lowest BCUT2D eigenvalue weighted by Gasteiger charge is -2.08. The normalized spacial score (nSPS) is 11.3. The van der Waals surface area contributed by atoms with Crippen molar-refractivity contribution in [2.75, 3.05) is 0 Å². The first kappa shape index (κ1) is 14.1. The largest absolute Gasteiger partial charge is 0.456 e. The molecule has 0 atom stereocenters. The average Bonchev–Trinajstić information content (AvgIpc) is 2.32. The summed E-state index contributed by atoms with van der Waals surface area (Å²) >= 11 is 11.7. The van der Waals surface area contributed by atoms with Crippen molar-refractivity contribution in [1.29, 1.82) is 0 Å². The van der Waals surface area contributed by atoms with Gasteiger partial charge in [0.15, 0.2) is 0 Å². The topological polar surface area (TPSA) is 69.4 Å². The van der Waals surface area contributed by atoms with Crippen molar-refractivity contribution in [2.45, 2.75) is 4.90 Å². The van der Waals surface area contributed by atoms with E-state index in [4.69, 9.17) is 33.1 Å². The Balaban J connectivity index is 2.25. The highest BCUT2D eigenvalue weighted by atomic mass is 35.5. The number of benzene rings is 2. The number of ether oxygens (including phenoxy) is 1. The number of hydrogen-bond donors (Lipinski definition) is 1. The molecular formula is C12H9Cl2NO3S. The molecule has 0 fully saturated rings. The van der Waals surface area contributed by atoms with Crippen molar-refractivity contribution in [2.24, 2.45) is 5.14 Å². The van der Waals surface area contributed by atoms with E-state index >= 15 is 0 Å². The van der Waals surface area contributed by atoms with Gasteiger partial charge in [0.1, 0.15) is 11.5 Å². The number of rotatable bonds is 3. The van der Waals surface area contributed by atoms with Crippen LogP contribution in [0.1, 0.15) is 0 Å². The first-order valence-electron chi connectivity index (χ1n) is 5.12. The zero-order valence-corrected chi connectivity index (χ0v) is 11.8. The number of primary sulfonamides is 1. The zero-order valence-electron chi connectivity index (χ0n) is 9.51. The predicted molar refractivity (Wildman–Crippen MR) is 74.4 cm³/mol. The predicted octanol–water partition coefficient (Wildman–Crippen LogP) is 3.43. The lowest BCUT2D eigenvalue weighted by atomic mass is 10.3. The molecule has 0 bridgehead atoms. The monoisotopic (exact) mass is 317 g/mol. The Kier molecular flexibility index (Phi) is 4.01. The number of sulfonamides is 1. The summed E-state index contributed by atoms with van der Waals surface area (Å²) in [5, 5.41) is 5.86. The minimum absolute atomic E-state index is 0.0158. The van der Waals surface area contributed by atoms with E-state index in [0.29, 0.717) is 21.5 Å². The molecule has 0 aliphatic rings. The van der Waals surface area contributed by atoms with E-state index < -0.39 is 10.0 Å². The van der Waals surface area contributed by atoms with E-state index in [2.05, 4.69) is 0 Å². The molecule has 2 aromatic rings. The fourth-order valence-corrected chi connectivity index (χ4v) is 2.34. The van der Waals surface area contributed by atoms with E-state index in [1.165, 1.54) is 24.3 Å². The Hall–Kier alpha value is -1.27. The fourth-order valence-electron chi connectivity index (χ4n) is 1.38. The second-order valence-corrected chi connectivity index (χ2v) is 6.10. The van der Waals surface area contributed by atoms with Gasteiger partial charge in [-0.05, 0) is 42.5 Å². The van der Waals surface area contributed by atoms with Gasteiger partial charge in [0.05, 0.1) is 9.92 Å². The fraction of sp³-hybridized carbons (Fsp3) is 0. The van der Waals surface area contributed by atoms with Crippen LogP contribution in [0.2, 0.25) is 10.0 Å². The van der Waals surface area contributed by atoms with E-state index in [-0.39, 0.29) is 4.90 Å². The first-order valence-corrected chi connectivity index (χ1v) is 7.42. The summed E-state index contributed by atoms with van der Waals surface area (Å²) in [6.07, 6.45) is 0. The van der Waals surface area contributed by atoms with Crippen molar-refractivity contribution in [1.82, 2.24) is 0 Å². The molecule has 2 rings (SSSR count). The molecule has 0 aliphatic heterocycles. The van der Waals surface area contributed by atoms with Crippen molar-refractivity contribution in [3.63, 3.8) is 0 Å². The molecular weight excluding hydrogens is 309 g/mol. The van der Waals surface area contributed by atoms with Crippen LogP contribution in [-0.4, -0.2) is 8.42 Å². The van der Waals surface area contributed by atoms with Crippen LogP contribution in [0.3, 0.4) is 0 Å². The Morgan fingerprint density at radius 1 is 1.00 bits per heavy atom. The van der Waals surface area contributed by atoms with Crippen LogP contribution in [0.15, 0.2) is 47.4 Å². The van der Waals surface area contributed by atoms with E-state index in [1.54, 1.807) is 18.2 Å². The molecule has 0 saturated heterocycles. The molecule has 100 valence electrons. The second kappa shape index (κ2) is 5.38.